The summed E-state index contributed by atoms with van der Waals surface area (Å²) in [6.07, 6.45) is 2.94. The van der Waals surface area contributed by atoms with Crippen LogP contribution in [-0.2, 0) is 6.42 Å². The Hall–Kier alpha value is -3.03. The van der Waals surface area contributed by atoms with E-state index in [1.807, 2.05) is 12.3 Å². The molecule has 3 aromatic rings. The molecule has 166 valence electrons. The molecule has 0 amide bonds. The van der Waals surface area contributed by atoms with Crippen LogP contribution in [0.4, 0.5) is 0 Å². The van der Waals surface area contributed by atoms with E-state index in [0.717, 1.165) is 63.3 Å². The highest BCUT2D eigenvalue weighted by Gasteiger charge is 2.46. The maximum absolute atomic E-state index is 6.05. The molecule has 1 saturated heterocycles. The number of rotatable bonds is 3. The van der Waals surface area contributed by atoms with Crippen LogP contribution in [0.3, 0.4) is 0 Å². The van der Waals surface area contributed by atoms with E-state index in [4.69, 9.17) is 23.9 Å². The maximum atomic E-state index is 6.05. The molecule has 1 aliphatic carbocycles. The van der Waals surface area contributed by atoms with Crippen LogP contribution in [-0.4, -0.2) is 69.6 Å². The Morgan fingerprint density at radius 3 is 2.56 bits per heavy atom. The maximum Gasteiger partial charge on any atom is 0.231 e. The summed E-state index contributed by atoms with van der Waals surface area (Å²) < 4.78 is 23.9. The van der Waals surface area contributed by atoms with E-state index in [9.17, 15) is 0 Å². The fraction of sp³-hybridized carbons (Fsp3) is 0.400. The van der Waals surface area contributed by atoms with Crippen molar-refractivity contribution in [1.82, 2.24) is 9.88 Å². The van der Waals surface area contributed by atoms with E-state index in [-0.39, 0.29) is 13.0 Å². The molecule has 0 spiro atoms. The van der Waals surface area contributed by atoms with Gasteiger partial charge in [0.2, 0.25) is 6.79 Å². The van der Waals surface area contributed by atoms with Crippen LogP contribution in [0, 0.1) is 0 Å². The zero-order chi connectivity index (χ0) is 22.2. The van der Waals surface area contributed by atoms with Crippen LogP contribution < -0.4 is 18.9 Å². The van der Waals surface area contributed by atoms with Crippen molar-refractivity contribution in [3.63, 3.8) is 0 Å². The lowest BCUT2D eigenvalue weighted by atomic mass is 9.96. The number of hydrogen-bond acceptors (Lipinski definition) is 6. The predicted octanol–water partition coefficient (Wildman–Crippen LogP) is 3.57. The lowest BCUT2D eigenvalue weighted by Gasteiger charge is -2.35. The Bertz CT molecular complexity index is 1270. The van der Waals surface area contributed by atoms with Gasteiger partial charge in [0.15, 0.2) is 29.2 Å². The van der Waals surface area contributed by atoms with Gasteiger partial charge >= 0.3 is 0 Å². The van der Waals surface area contributed by atoms with Crippen molar-refractivity contribution < 1.29 is 23.4 Å². The summed E-state index contributed by atoms with van der Waals surface area (Å²) in [5.74, 6) is 3.16. The number of fused-ring (bicyclic) bond motifs is 6. The highest BCUT2D eigenvalue weighted by Crippen LogP contribution is 2.53. The lowest BCUT2D eigenvalue weighted by molar-refractivity contribution is -0.914. The van der Waals surface area contributed by atoms with Crippen LogP contribution in [0.15, 0.2) is 24.4 Å². The van der Waals surface area contributed by atoms with E-state index >= 15 is 0 Å². The van der Waals surface area contributed by atoms with Gasteiger partial charge in [-0.3, -0.25) is 4.98 Å². The van der Waals surface area contributed by atoms with Gasteiger partial charge in [-0.25, -0.2) is 4.90 Å². The Morgan fingerprint density at radius 2 is 1.84 bits per heavy atom. The van der Waals surface area contributed by atoms with Crippen molar-refractivity contribution in [3.05, 3.63) is 41.1 Å². The first-order chi connectivity index (χ1) is 15.4. The molecule has 0 saturated carbocycles. The third-order valence-corrected chi connectivity index (χ3v) is 7.29. The smallest absolute Gasteiger partial charge is 0.231 e. The molecule has 2 aliphatic heterocycles. The molecule has 1 fully saturated rings. The normalized spacial score (nSPS) is 20.5. The molecule has 0 radical (unpaired) electrons. The number of aromatic nitrogens is 1. The zero-order valence-corrected chi connectivity index (χ0v) is 19.2. The standard InChI is InChI=1S/C25H28N3O4/c1-27-6-7-28(2,3)25(27)22-16-9-17-15-10-20(30-5)19(29-4)8-14(15)12-26-23(17)18(16)11-21-24(22)32-13-31-21/h8,10-12,25H,6-7,9,13H2,1-5H3/q+1. The minimum absolute atomic E-state index is 0.204. The molecule has 6 rings (SSSR count). The molecule has 32 heavy (non-hydrogen) atoms. The minimum atomic E-state index is 0.204. The summed E-state index contributed by atoms with van der Waals surface area (Å²) in [7, 11) is 10.1. The van der Waals surface area contributed by atoms with Gasteiger partial charge in [-0.1, -0.05) is 0 Å². The molecule has 7 nitrogen and oxygen atoms in total. The topological polar surface area (TPSA) is 53.1 Å². The lowest BCUT2D eigenvalue weighted by Crippen LogP contribution is -2.42. The number of ether oxygens (including phenoxy) is 4. The molecule has 0 N–H and O–H groups in total. The molecule has 0 bridgehead atoms. The summed E-state index contributed by atoms with van der Waals surface area (Å²) >= 11 is 0. The molecule has 1 unspecified atom stereocenters. The van der Waals surface area contributed by atoms with E-state index in [1.165, 1.54) is 16.7 Å². The van der Waals surface area contributed by atoms with Crippen LogP contribution in [0.5, 0.6) is 23.0 Å². The monoisotopic (exact) mass is 434 g/mol. The number of likely N-dealkylation sites (N-methyl/N-ethyl adjacent to an activating group) is 2. The van der Waals surface area contributed by atoms with Gasteiger partial charge in [-0.05, 0) is 41.8 Å². The SMILES string of the molecule is COc1cc2cnc3c(c2cc1OC)Cc1c-3cc2c(c1C1N(C)CC[N+]1(C)C)OCO2. The zero-order valence-electron chi connectivity index (χ0n) is 19.2. The second-order valence-electron chi connectivity index (χ2n) is 9.46. The second kappa shape index (κ2) is 6.73. The predicted molar refractivity (Wildman–Crippen MR) is 122 cm³/mol. The number of quaternary nitrogens is 1. The van der Waals surface area contributed by atoms with Gasteiger partial charge < -0.3 is 23.4 Å². The molecular weight excluding hydrogens is 406 g/mol. The molecule has 1 atom stereocenters. The van der Waals surface area contributed by atoms with Gasteiger partial charge in [-0.15, -0.1) is 0 Å². The number of hydrogen-bond donors (Lipinski definition) is 0. The minimum Gasteiger partial charge on any atom is -0.493 e. The number of benzene rings is 2. The molecule has 2 aromatic carbocycles. The average molecular weight is 435 g/mol. The summed E-state index contributed by atoms with van der Waals surface area (Å²) in [5, 5.41) is 2.19. The summed E-state index contributed by atoms with van der Waals surface area (Å²) in [4.78, 5) is 7.33. The van der Waals surface area contributed by atoms with Gasteiger partial charge in [0, 0.05) is 23.6 Å². The second-order valence-corrected chi connectivity index (χ2v) is 9.46. The quantitative estimate of drug-likeness (QED) is 0.460. The molecular formula is C25H28N3O4+. The Labute approximate surface area is 187 Å². The van der Waals surface area contributed by atoms with Crippen LogP contribution >= 0.6 is 0 Å². The average Bonchev–Trinajstić information content (AvgIpc) is 3.47. The third-order valence-electron chi connectivity index (χ3n) is 7.29. The highest BCUT2D eigenvalue weighted by atomic mass is 16.7. The van der Waals surface area contributed by atoms with Gasteiger partial charge in [0.05, 0.1) is 52.7 Å². The number of methoxy groups -OCH3 is 2. The van der Waals surface area contributed by atoms with E-state index in [2.05, 4.69) is 38.2 Å². The van der Waals surface area contributed by atoms with Crippen LogP contribution in [0.2, 0.25) is 0 Å². The first kappa shape index (κ1) is 19.6. The summed E-state index contributed by atoms with van der Waals surface area (Å²) in [6.45, 7) is 2.40. The van der Waals surface area contributed by atoms with E-state index in [1.54, 1.807) is 14.2 Å². The fourth-order valence-corrected chi connectivity index (χ4v) is 5.74. The number of nitrogens with zero attached hydrogens (tertiary/aromatic N) is 3. The van der Waals surface area contributed by atoms with Crippen molar-refractivity contribution >= 4 is 10.8 Å². The van der Waals surface area contributed by atoms with Crippen molar-refractivity contribution in [2.45, 2.75) is 12.6 Å². The van der Waals surface area contributed by atoms with Gasteiger partial charge in [-0.2, -0.15) is 0 Å². The largest absolute Gasteiger partial charge is 0.493 e. The molecule has 3 heterocycles. The summed E-state index contributed by atoms with van der Waals surface area (Å²) in [6, 6.07) is 6.19. The Balaban J connectivity index is 1.60. The molecule has 1 aromatic heterocycles. The van der Waals surface area contributed by atoms with E-state index in [0.29, 0.717) is 5.75 Å². The fourth-order valence-electron chi connectivity index (χ4n) is 5.74. The number of pyridine rings is 1. The van der Waals surface area contributed by atoms with E-state index < -0.39 is 0 Å². The third kappa shape index (κ3) is 2.58. The van der Waals surface area contributed by atoms with Crippen molar-refractivity contribution in [1.29, 1.82) is 0 Å². The first-order valence-electron chi connectivity index (χ1n) is 10.9. The van der Waals surface area contributed by atoms with Gasteiger partial charge in [0.1, 0.15) is 0 Å². The van der Waals surface area contributed by atoms with Crippen molar-refractivity contribution in [2.24, 2.45) is 0 Å². The Morgan fingerprint density at radius 1 is 1.06 bits per heavy atom. The summed E-state index contributed by atoms with van der Waals surface area (Å²) in [5.41, 5.74) is 5.92. The van der Waals surface area contributed by atoms with Gasteiger partial charge in [0.25, 0.3) is 0 Å². The first-order valence-corrected chi connectivity index (χ1v) is 10.9. The van der Waals surface area contributed by atoms with Crippen molar-refractivity contribution in [3.8, 4) is 34.3 Å². The Kier molecular flexibility index (Phi) is 4.13. The highest BCUT2D eigenvalue weighted by molar-refractivity contribution is 5.95. The van der Waals surface area contributed by atoms with Crippen LogP contribution in [0.25, 0.3) is 22.0 Å². The molecule has 7 heteroatoms. The van der Waals surface area contributed by atoms with Crippen LogP contribution in [0.1, 0.15) is 22.9 Å². The molecule has 3 aliphatic rings. The van der Waals surface area contributed by atoms with Crippen molar-refractivity contribution in [2.75, 3.05) is 55.2 Å².